The van der Waals surface area contributed by atoms with Crippen LogP contribution in [0.25, 0.3) is 11.3 Å². The molecule has 0 spiro atoms. The molecule has 0 unspecified atom stereocenters. The van der Waals surface area contributed by atoms with Crippen molar-refractivity contribution < 1.29 is 0 Å². The van der Waals surface area contributed by atoms with Gasteiger partial charge in [0.2, 0.25) is 0 Å². The predicted molar refractivity (Wildman–Crippen MR) is 58.8 cm³/mol. The first-order valence-electron chi connectivity index (χ1n) is 4.41. The summed E-state index contributed by atoms with van der Waals surface area (Å²) in [5.74, 6) is 0. The number of aromatic amines is 1. The highest BCUT2D eigenvalue weighted by Gasteiger charge is 2.08. The van der Waals surface area contributed by atoms with E-state index >= 15 is 0 Å². The third-order valence-electron chi connectivity index (χ3n) is 2.22. The lowest BCUT2D eigenvalue weighted by atomic mass is 10.2. The maximum atomic E-state index is 11.3. The van der Waals surface area contributed by atoms with E-state index in [0.29, 0.717) is 0 Å². The molecule has 0 aliphatic rings. The molecule has 0 saturated carbocycles. The Hall–Kier alpha value is -1.29. The zero-order valence-electron chi connectivity index (χ0n) is 8.42. The molecule has 2 rings (SSSR count). The van der Waals surface area contributed by atoms with Crippen LogP contribution in [-0.2, 0) is 7.05 Å². The van der Waals surface area contributed by atoms with Crippen molar-refractivity contribution in [3.8, 4) is 11.3 Å². The van der Waals surface area contributed by atoms with E-state index in [2.05, 4.69) is 25.0 Å². The predicted octanol–water partition coefficient (Wildman–Crippen LogP) is 2.06. The quantitative estimate of drug-likeness (QED) is 0.765. The number of nitrogens with zero attached hydrogens (tertiary/aromatic N) is 1. The second-order valence-corrected chi connectivity index (χ2v) is 4.85. The average molecular weight is 208 g/mol. The molecule has 0 amide bonds. The monoisotopic (exact) mass is 208 g/mol. The van der Waals surface area contributed by atoms with Crippen molar-refractivity contribution in [2.24, 2.45) is 7.05 Å². The lowest BCUT2D eigenvalue weighted by Crippen LogP contribution is -2.09. The van der Waals surface area contributed by atoms with Gasteiger partial charge in [0.05, 0.1) is 5.69 Å². The summed E-state index contributed by atoms with van der Waals surface area (Å²) in [5, 5.41) is 3.03. The summed E-state index contributed by atoms with van der Waals surface area (Å²) in [6.07, 6.45) is 0. The van der Waals surface area contributed by atoms with Gasteiger partial charge < -0.3 is 0 Å². The zero-order chi connectivity index (χ0) is 10.3. The Morgan fingerprint density at radius 1 is 1.36 bits per heavy atom. The van der Waals surface area contributed by atoms with E-state index in [1.807, 2.05) is 0 Å². The molecule has 0 aliphatic heterocycles. The SMILES string of the molecule is Cc1cc(-c2cc(=O)n(C)[nH]2)c(C)s1. The lowest BCUT2D eigenvalue weighted by Gasteiger charge is -1.94. The van der Waals surface area contributed by atoms with Crippen LogP contribution in [0.5, 0.6) is 0 Å². The van der Waals surface area contributed by atoms with Crippen molar-refractivity contribution in [1.29, 1.82) is 0 Å². The Morgan fingerprint density at radius 3 is 2.50 bits per heavy atom. The van der Waals surface area contributed by atoms with Gasteiger partial charge >= 0.3 is 0 Å². The van der Waals surface area contributed by atoms with Crippen molar-refractivity contribution in [2.45, 2.75) is 13.8 Å². The first kappa shape index (κ1) is 9.27. The maximum absolute atomic E-state index is 11.3. The molecule has 2 heterocycles. The molecular weight excluding hydrogens is 196 g/mol. The summed E-state index contributed by atoms with van der Waals surface area (Å²) >= 11 is 1.75. The molecule has 0 bridgehead atoms. The fourth-order valence-electron chi connectivity index (χ4n) is 1.52. The molecule has 14 heavy (non-hydrogen) atoms. The number of hydrogen-bond acceptors (Lipinski definition) is 2. The second kappa shape index (κ2) is 3.13. The van der Waals surface area contributed by atoms with Crippen molar-refractivity contribution in [3.05, 3.63) is 32.2 Å². The third-order valence-corrected chi connectivity index (χ3v) is 3.18. The molecule has 1 N–H and O–H groups in total. The van der Waals surface area contributed by atoms with E-state index in [1.165, 1.54) is 14.4 Å². The van der Waals surface area contributed by atoms with Crippen LogP contribution in [0.1, 0.15) is 9.75 Å². The molecule has 2 aromatic heterocycles. The Kier molecular flexibility index (Phi) is 2.07. The maximum Gasteiger partial charge on any atom is 0.266 e. The van der Waals surface area contributed by atoms with E-state index < -0.39 is 0 Å². The highest BCUT2D eigenvalue weighted by Crippen LogP contribution is 2.28. The molecule has 4 heteroatoms. The third kappa shape index (κ3) is 1.42. The Labute approximate surface area is 86.0 Å². The number of hydrogen-bond donors (Lipinski definition) is 1. The first-order chi connectivity index (χ1) is 6.58. The minimum absolute atomic E-state index is 0.00301. The van der Waals surface area contributed by atoms with Gasteiger partial charge in [-0.05, 0) is 19.9 Å². The van der Waals surface area contributed by atoms with Crippen LogP contribution in [0, 0.1) is 13.8 Å². The summed E-state index contributed by atoms with van der Waals surface area (Å²) in [7, 11) is 1.72. The number of thiophene rings is 1. The van der Waals surface area contributed by atoms with E-state index in [0.717, 1.165) is 11.3 Å². The van der Waals surface area contributed by atoms with Gasteiger partial charge in [0.25, 0.3) is 5.56 Å². The largest absolute Gasteiger partial charge is 0.295 e. The molecule has 0 aliphatic carbocycles. The van der Waals surface area contributed by atoms with E-state index in [4.69, 9.17) is 0 Å². The summed E-state index contributed by atoms with van der Waals surface area (Å²) in [6.45, 7) is 4.14. The number of aromatic nitrogens is 2. The fraction of sp³-hybridized carbons (Fsp3) is 0.300. The Balaban J connectivity index is 2.59. The standard InChI is InChI=1S/C10H12N2OS/c1-6-4-8(7(2)14-6)9-5-10(13)12(3)11-9/h4-5,11H,1-3H3. The summed E-state index contributed by atoms with van der Waals surface area (Å²) in [4.78, 5) is 13.8. The summed E-state index contributed by atoms with van der Waals surface area (Å²) in [5.41, 5.74) is 2.04. The normalized spacial score (nSPS) is 10.8. The lowest BCUT2D eigenvalue weighted by molar-refractivity contribution is 0.742. The molecule has 0 aromatic carbocycles. The number of rotatable bonds is 1. The molecule has 74 valence electrons. The number of aryl methyl sites for hydroxylation is 3. The van der Waals surface area contributed by atoms with E-state index in [-0.39, 0.29) is 5.56 Å². The van der Waals surface area contributed by atoms with E-state index in [1.54, 1.807) is 24.5 Å². The molecule has 0 radical (unpaired) electrons. The van der Waals surface area contributed by atoms with Crippen LogP contribution in [0.2, 0.25) is 0 Å². The van der Waals surface area contributed by atoms with Crippen molar-refractivity contribution >= 4 is 11.3 Å². The fourth-order valence-corrected chi connectivity index (χ4v) is 2.46. The van der Waals surface area contributed by atoms with E-state index in [9.17, 15) is 4.79 Å². The smallest absolute Gasteiger partial charge is 0.266 e. The summed E-state index contributed by atoms with van der Waals surface area (Å²) in [6, 6.07) is 3.74. The van der Waals surface area contributed by atoms with Gasteiger partial charge in [0.1, 0.15) is 0 Å². The van der Waals surface area contributed by atoms with Crippen LogP contribution in [0.4, 0.5) is 0 Å². The van der Waals surface area contributed by atoms with Gasteiger partial charge in [0.15, 0.2) is 0 Å². The van der Waals surface area contributed by atoms with Gasteiger partial charge in [-0.1, -0.05) is 0 Å². The van der Waals surface area contributed by atoms with Crippen molar-refractivity contribution in [2.75, 3.05) is 0 Å². The summed E-state index contributed by atoms with van der Waals surface area (Å²) < 4.78 is 1.49. The highest BCUT2D eigenvalue weighted by molar-refractivity contribution is 7.12. The van der Waals surface area contributed by atoms with Crippen molar-refractivity contribution in [1.82, 2.24) is 9.78 Å². The molecule has 0 fully saturated rings. The van der Waals surface area contributed by atoms with Crippen LogP contribution in [0.15, 0.2) is 16.9 Å². The zero-order valence-corrected chi connectivity index (χ0v) is 9.23. The Bertz CT molecular complexity index is 518. The topological polar surface area (TPSA) is 37.8 Å². The van der Waals surface area contributed by atoms with Gasteiger partial charge in [0, 0.05) is 28.4 Å². The van der Waals surface area contributed by atoms with Crippen molar-refractivity contribution in [3.63, 3.8) is 0 Å². The van der Waals surface area contributed by atoms with Crippen LogP contribution in [-0.4, -0.2) is 9.78 Å². The molecule has 2 aromatic rings. The van der Waals surface area contributed by atoms with Crippen LogP contribution in [0.3, 0.4) is 0 Å². The van der Waals surface area contributed by atoms with Gasteiger partial charge in [-0.3, -0.25) is 14.6 Å². The number of H-pyrrole nitrogens is 1. The molecule has 0 atom stereocenters. The number of nitrogens with one attached hydrogen (secondary N) is 1. The molecule has 3 nitrogen and oxygen atoms in total. The second-order valence-electron chi connectivity index (χ2n) is 3.39. The van der Waals surface area contributed by atoms with Crippen LogP contribution >= 0.6 is 11.3 Å². The van der Waals surface area contributed by atoms with Gasteiger partial charge in [-0.15, -0.1) is 11.3 Å². The van der Waals surface area contributed by atoms with Crippen LogP contribution < -0.4 is 5.56 Å². The van der Waals surface area contributed by atoms with Gasteiger partial charge in [-0.25, -0.2) is 0 Å². The van der Waals surface area contributed by atoms with Gasteiger partial charge in [-0.2, -0.15) is 0 Å². The Morgan fingerprint density at radius 2 is 2.07 bits per heavy atom. The highest BCUT2D eigenvalue weighted by atomic mass is 32.1. The minimum atomic E-state index is 0.00301. The molecule has 0 saturated heterocycles. The molecular formula is C10H12N2OS. The first-order valence-corrected chi connectivity index (χ1v) is 5.23. The minimum Gasteiger partial charge on any atom is -0.295 e. The average Bonchev–Trinajstić information content (AvgIpc) is 2.57.